The maximum Gasteiger partial charge on any atom is 1.00 e. The Bertz CT molecular complexity index is 531. The molecular formula is C19H32Cl3NaO5S. The van der Waals surface area contributed by atoms with Crippen molar-refractivity contribution in [3.8, 4) is 5.75 Å². The molecule has 0 atom stereocenters. The molecule has 29 heavy (non-hydrogen) atoms. The van der Waals surface area contributed by atoms with Gasteiger partial charge in [0.05, 0.1) is 6.61 Å². The van der Waals surface area contributed by atoms with Crippen molar-refractivity contribution in [2.24, 2.45) is 0 Å². The molecule has 1 N–H and O–H groups in total. The molecule has 0 aliphatic heterocycles. The van der Waals surface area contributed by atoms with Crippen molar-refractivity contribution in [2.75, 3.05) is 6.61 Å². The molecule has 0 saturated heterocycles. The van der Waals surface area contributed by atoms with E-state index in [0.717, 1.165) is 12.8 Å². The average Bonchev–Trinajstić information content (AvgIpc) is 2.59. The SMILES string of the molecule is CCCCCCCCCCCCOS(=O)(=O)[O-].ClC(Cl)Cl.Oc1ccccc1.[Na+]. The van der Waals surface area contributed by atoms with Gasteiger partial charge in [0, 0.05) is 0 Å². The van der Waals surface area contributed by atoms with Crippen molar-refractivity contribution in [1.82, 2.24) is 0 Å². The van der Waals surface area contributed by atoms with Crippen LogP contribution in [0.1, 0.15) is 71.1 Å². The van der Waals surface area contributed by atoms with Gasteiger partial charge in [0.1, 0.15) is 5.75 Å². The Hall–Kier alpha value is 0.760. The molecule has 0 aromatic heterocycles. The normalized spacial score (nSPS) is 10.3. The van der Waals surface area contributed by atoms with Crippen molar-refractivity contribution in [1.29, 1.82) is 0 Å². The third-order valence-corrected chi connectivity index (χ3v) is 3.94. The molecule has 1 aromatic carbocycles. The van der Waals surface area contributed by atoms with Crippen molar-refractivity contribution in [3.05, 3.63) is 30.3 Å². The van der Waals surface area contributed by atoms with Crippen LogP contribution in [0.15, 0.2) is 30.3 Å². The van der Waals surface area contributed by atoms with E-state index in [-0.39, 0.29) is 36.2 Å². The molecular weight excluding hydrogens is 470 g/mol. The molecule has 1 aromatic rings. The van der Waals surface area contributed by atoms with E-state index < -0.39 is 14.7 Å². The monoisotopic (exact) mass is 500 g/mol. The largest absolute Gasteiger partial charge is 1.00 e. The second-order valence-corrected chi connectivity index (χ2v) is 9.03. The van der Waals surface area contributed by atoms with E-state index in [1.54, 1.807) is 24.3 Å². The first-order valence-electron chi connectivity index (χ1n) is 9.45. The van der Waals surface area contributed by atoms with Gasteiger partial charge in [-0.15, -0.1) is 0 Å². The van der Waals surface area contributed by atoms with Crippen LogP contribution < -0.4 is 29.6 Å². The van der Waals surface area contributed by atoms with Crippen LogP contribution in [0.2, 0.25) is 0 Å². The quantitative estimate of drug-likeness (QED) is 0.155. The summed E-state index contributed by atoms with van der Waals surface area (Å²) < 4.78 is 33.7. The molecule has 0 aliphatic rings. The number of phenols is 1. The summed E-state index contributed by atoms with van der Waals surface area (Å²) in [5.41, 5.74) is 0. The van der Waals surface area contributed by atoms with Gasteiger partial charge in [-0.05, 0) is 18.6 Å². The van der Waals surface area contributed by atoms with E-state index in [9.17, 15) is 13.0 Å². The Morgan fingerprint density at radius 1 is 0.897 bits per heavy atom. The van der Waals surface area contributed by atoms with Crippen LogP contribution in [0.4, 0.5) is 0 Å². The fourth-order valence-electron chi connectivity index (χ4n) is 2.18. The number of phenolic OH excluding ortho intramolecular Hbond substituents is 1. The van der Waals surface area contributed by atoms with Crippen molar-refractivity contribution in [2.45, 2.75) is 75.4 Å². The van der Waals surface area contributed by atoms with Crippen molar-refractivity contribution in [3.63, 3.8) is 0 Å². The minimum atomic E-state index is -4.48. The fourth-order valence-corrected chi connectivity index (χ4v) is 2.50. The van der Waals surface area contributed by atoms with Crippen LogP contribution in [-0.2, 0) is 14.6 Å². The van der Waals surface area contributed by atoms with Gasteiger partial charge < -0.3 is 9.66 Å². The molecule has 0 heterocycles. The van der Waals surface area contributed by atoms with Gasteiger partial charge in [0.25, 0.3) is 0 Å². The summed E-state index contributed by atoms with van der Waals surface area (Å²) in [5, 5.41) is 8.63. The molecule has 1 rings (SSSR count). The summed E-state index contributed by atoms with van der Waals surface area (Å²) in [4.78, 5) is 0. The standard InChI is InChI=1S/C12H26O4S.C6H6O.CHCl3.Na/c1-2-3-4-5-6-7-8-9-10-11-12-16-17(13,14)15;7-6-4-2-1-3-5-6;2-1(3)4;/h2-12H2,1H3,(H,13,14,15);1-5,7H;1H;/q;;;+1/p-1. The second-order valence-electron chi connectivity index (χ2n) is 6.00. The Kier molecular flexibility index (Phi) is 29.7. The number of unbranched alkanes of at least 4 members (excludes halogenated alkanes) is 9. The van der Waals surface area contributed by atoms with E-state index in [2.05, 4.69) is 11.1 Å². The topological polar surface area (TPSA) is 86.7 Å². The smallest absolute Gasteiger partial charge is 0.726 e. The molecule has 0 fully saturated rings. The summed E-state index contributed by atoms with van der Waals surface area (Å²) >= 11 is 14.4. The Balaban J connectivity index is -0.000000461. The first-order chi connectivity index (χ1) is 13.2. The minimum absolute atomic E-state index is 0. The summed E-state index contributed by atoms with van der Waals surface area (Å²) in [7, 11) is -4.48. The number of hydrogen-bond acceptors (Lipinski definition) is 5. The van der Waals surface area contributed by atoms with E-state index in [0.29, 0.717) is 12.2 Å². The summed E-state index contributed by atoms with van der Waals surface area (Å²) in [6.45, 7) is 2.24. The molecule has 5 nitrogen and oxygen atoms in total. The Labute approximate surface area is 213 Å². The second kappa shape index (κ2) is 25.0. The predicted molar refractivity (Wildman–Crippen MR) is 117 cm³/mol. The van der Waals surface area contributed by atoms with Crippen LogP contribution in [0, 0.1) is 0 Å². The maximum atomic E-state index is 10.1. The van der Waals surface area contributed by atoms with E-state index in [1.807, 2.05) is 6.07 Å². The number of halogens is 3. The number of benzene rings is 1. The zero-order valence-corrected chi connectivity index (χ0v) is 22.4. The first kappa shape index (κ1) is 34.4. The minimum Gasteiger partial charge on any atom is -0.726 e. The van der Waals surface area contributed by atoms with Crippen LogP contribution >= 0.6 is 34.8 Å². The zero-order valence-electron chi connectivity index (χ0n) is 17.4. The van der Waals surface area contributed by atoms with Gasteiger partial charge in [-0.25, -0.2) is 8.42 Å². The molecule has 0 bridgehead atoms. The number of para-hydroxylation sites is 1. The molecule has 0 amide bonds. The molecule has 0 radical (unpaired) electrons. The molecule has 10 heteroatoms. The Morgan fingerprint density at radius 3 is 1.59 bits per heavy atom. The average molecular weight is 502 g/mol. The van der Waals surface area contributed by atoms with E-state index >= 15 is 0 Å². The van der Waals surface area contributed by atoms with Crippen LogP contribution in [0.3, 0.4) is 0 Å². The number of rotatable bonds is 12. The first-order valence-corrected chi connectivity index (χ1v) is 12.1. The molecule has 0 aliphatic carbocycles. The summed E-state index contributed by atoms with van der Waals surface area (Å²) in [6.07, 6.45) is 11.7. The van der Waals surface area contributed by atoms with E-state index in [4.69, 9.17) is 39.9 Å². The molecule has 0 saturated carbocycles. The summed E-state index contributed by atoms with van der Waals surface area (Å²) in [6, 6.07) is 8.71. The fraction of sp³-hybridized carbons (Fsp3) is 0.684. The van der Waals surface area contributed by atoms with Gasteiger partial charge in [0.2, 0.25) is 10.4 Å². The van der Waals surface area contributed by atoms with Crippen LogP contribution in [0.25, 0.3) is 0 Å². The van der Waals surface area contributed by atoms with Gasteiger partial charge in [-0.1, -0.05) is 118 Å². The van der Waals surface area contributed by atoms with Crippen molar-refractivity contribution < 1.29 is 51.8 Å². The molecule has 0 unspecified atom stereocenters. The number of hydrogen-bond donors (Lipinski definition) is 1. The molecule has 0 spiro atoms. The van der Waals surface area contributed by atoms with Crippen LogP contribution in [0.5, 0.6) is 5.75 Å². The predicted octanol–water partition coefficient (Wildman–Crippen LogP) is 3.77. The summed E-state index contributed by atoms with van der Waals surface area (Å²) in [5.74, 6) is 0.322. The number of alkyl halides is 3. The molecule has 166 valence electrons. The number of aromatic hydroxyl groups is 1. The van der Waals surface area contributed by atoms with E-state index in [1.165, 1.54) is 44.9 Å². The van der Waals surface area contributed by atoms with Gasteiger partial charge in [-0.3, -0.25) is 4.18 Å². The van der Waals surface area contributed by atoms with Gasteiger partial charge in [-0.2, -0.15) is 0 Å². The van der Waals surface area contributed by atoms with Crippen LogP contribution in [-0.4, -0.2) is 29.0 Å². The third kappa shape index (κ3) is 39.8. The zero-order chi connectivity index (χ0) is 21.7. The third-order valence-electron chi connectivity index (χ3n) is 3.48. The maximum absolute atomic E-state index is 10.1. The van der Waals surface area contributed by atoms with Gasteiger partial charge >= 0.3 is 29.6 Å². The van der Waals surface area contributed by atoms with Crippen molar-refractivity contribution >= 4 is 45.2 Å². The Morgan fingerprint density at radius 2 is 1.28 bits per heavy atom. The van der Waals surface area contributed by atoms with Gasteiger partial charge in [0.15, 0.2) is 4.30 Å².